The molecule has 90 valence electrons. The van der Waals surface area contributed by atoms with Crippen molar-refractivity contribution in [2.75, 3.05) is 31.6 Å². The van der Waals surface area contributed by atoms with Gasteiger partial charge in [-0.1, -0.05) is 23.7 Å². The van der Waals surface area contributed by atoms with E-state index in [1.165, 1.54) is 0 Å². The van der Waals surface area contributed by atoms with Crippen LogP contribution in [-0.4, -0.2) is 26.7 Å². The van der Waals surface area contributed by atoms with Gasteiger partial charge in [-0.25, -0.2) is 0 Å². The molecular formula is C12H18ClNO2. The SMILES string of the molecule is CCOCN(COCC)c1ccccc1Cl. The summed E-state index contributed by atoms with van der Waals surface area (Å²) in [4.78, 5) is 1.97. The Labute approximate surface area is 102 Å². The first kappa shape index (κ1) is 13.3. The van der Waals surface area contributed by atoms with Crippen LogP contribution in [0.3, 0.4) is 0 Å². The third-order valence-corrected chi connectivity index (χ3v) is 2.42. The molecule has 3 nitrogen and oxygen atoms in total. The Balaban J connectivity index is 2.70. The number of rotatable bonds is 7. The Morgan fingerprint density at radius 1 is 1.06 bits per heavy atom. The van der Waals surface area contributed by atoms with E-state index in [4.69, 9.17) is 21.1 Å². The fourth-order valence-corrected chi connectivity index (χ4v) is 1.54. The summed E-state index contributed by atoms with van der Waals surface area (Å²) in [5.41, 5.74) is 0.936. The molecule has 0 aromatic heterocycles. The summed E-state index contributed by atoms with van der Waals surface area (Å²) in [5.74, 6) is 0. The molecule has 0 unspecified atom stereocenters. The lowest BCUT2D eigenvalue weighted by atomic mass is 10.3. The molecule has 0 aliphatic carbocycles. The Bertz CT molecular complexity index is 299. The van der Waals surface area contributed by atoms with Gasteiger partial charge in [0.15, 0.2) is 0 Å². The van der Waals surface area contributed by atoms with Gasteiger partial charge in [0.05, 0.1) is 10.7 Å². The maximum absolute atomic E-state index is 6.12. The van der Waals surface area contributed by atoms with Crippen LogP contribution < -0.4 is 4.90 Å². The first-order valence-electron chi connectivity index (χ1n) is 5.44. The number of hydrogen-bond donors (Lipinski definition) is 0. The monoisotopic (exact) mass is 243 g/mol. The van der Waals surface area contributed by atoms with Crippen molar-refractivity contribution in [3.8, 4) is 0 Å². The highest BCUT2D eigenvalue weighted by Crippen LogP contribution is 2.24. The molecule has 1 aromatic carbocycles. The molecule has 0 fully saturated rings. The third kappa shape index (κ3) is 4.00. The molecule has 0 radical (unpaired) electrons. The summed E-state index contributed by atoms with van der Waals surface area (Å²) >= 11 is 6.12. The highest BCUT2D eigenvalue weighted by Gasteiger charge is 2.09. The van der Waals surface area contributed by atoms with E-state index in [0.29, 0.717) is 31.7 Å². The van der Waals surface area contributed by atoms with Crippen molar-refractivity contribution in [1.82, 2.24) is 0 Å². The van der Waals surface area contributed by atoms with Crippen LogP contribution in [0.4, 0.5) is 5.69 Å². The maximum Gasteiger partial charge on any atom is 0.120 e. The van der Waals surface area contributed by atoms with Crippen LogP contribution in [0, 0.1) is 0 Å². The second-order valence-electron chi connectivity index (χ2n) is 3.24. The molecule has 0 bridgehead atoms. The van der Waals surface area contributed by atoms with E-state index >= 15 is 0 Å². The zero-order valence-corrected chi connectivity index (χ0v) is 10.5. The van der Waals surface area contributed by atoms with Crippen molar-refractivity contribution in [3.63, 3.8) is 0 Å². The number of hydrogen-bond acceptors (Lipinski definition) is 3. The van der Waals surface area contributed by atoms with Gasteiger partial charge in [0, 0.05) is 13.2 Å². The Morgan fingerprint density at radius 3 is 2.12 bits per heavy atom. The number of halogens is 1. The summed E-state index contributed by atoms with van der Waals surface area (Å²) in [7, 11) is 0. The minimum absolute atomic E-state index is 0.486. The number of ether oxygens (including phenoxy) is 2. The minimum Gasteiger partial charge on any atom is -0.361 e. The molecule has 0 amide bonds. The fourth-order valence-electron chi connectivity index (χ4n) is 1.29. The third-order valence-electron chi connectivity index (χ3n) is 2.10. The number of nitrogens with zero attached hydrogens (tertiary/aromatic N) is 1. The Hall–Kier alpha value is -0.770. The topological polar surface area (TPSA) is 21.7 Å². The van der Waals surface area contributed by atoms with E-state index in [1.54, 1.807) is 0 Å². The summed E-state index contributed by atoms with van der Waals surface area (Å²) in [6.45, 7) is 6.25. The van der Waals surface area contributed by atoms with Crippen LogP contribution in [-0.2, 0) is 9.47 Å². The maximum atomic E-state index is 6.12. The smallest absolute Gasteiger partial charge is 0.120 e. The highest BCUT2D eigenvalue weighted by molar-refractivity contribution is 6.33. The minimum atomic E-state index is 0.486. The van der Waals surface area contributed by atoms with Crippen molar-refractivity contribution < 1.29 is 9.47 Å². The van der Waals surface area contributed by atoms with Crippen LogP contribution in [0.5, 0.6) is 0 Å². The zero-order valence-electron chi connectivity index (χ0n) is 9.78. The number of para-hydroxylation sites is 1. The standard InChI is InChI=1S/C12H18ClNO2/c1-3-15-9-14(10-16-4-2)12-8-6-5-7-11(12)13/h5-8H,3-4,9-10H2,1-2H3. The first-order valence-corrected chi connectivity index (χ1v) is 5.82. The van der Waals surface area contributed by atoms with Crippen LogP contribution >= 0.6 is 11.6 Å². The highest BCUT2D eigenvalue weighted by atomic mass is 35.5. The molecular weight excluding hydrogens is 226 g/mol. The quantitative estimate of drug-likeness (QED) is 0.687. The van der Waals surface area contributed by atoms with Gasteiger partial charge in [0.1, 0.15) is 13.5 Å². The molecule has 0 saturated heterocycles. The molecule has 0 aliphatic rings. The molecule has 1 rings (SSSR count). The van der Waals surface area contributed by atoms with Crippen LogP contribution in [0.25, 0.3) is 0 Å². The second kappa shape index (κ2) is 7.49. The molecule has 0 spiro atoms. The van der Waals surface area contributed by atoms with Crippen molar-refractivity contribution in [3.05, 3.63) is 29.3 Å². The van der Waals surface area contributed by atoms with E-state index in [0.717, 1.165) is 5.69 Å². The van der Waals surface area contributed by atoms with Gasteiger partial charge in [-0.2, -0.15) is 0 Å². The van der Waals surface area contributed by atoms with Crippen molar-refractivity contribution >= 4 is 17.3 Å². The van der Waals surface area contributed by atoms with Crippen LogP contribution in [0.2, 0.25) is 5.02 Å². The zero-order chi connectivity index (χ0) is 11.8. The number of benzene rings is 1. The van der Waals surface area contributed by atoms with Gasteiger partial charge >= 0.3 is 0 Å². The largest absolute Gasteiger partial charge is 0.361 e. The second-order valence-corrected chi connectivity index (χ2v) is 3.64. The van der Waals surface area contributed by atoms with Gasteiger partial charge < -0.3 is 14.4 Å². The lowest BCUT2D eigenvalue weighted by molar-refractivity contribution is 0.0960. The van der Waals surface area contributed by atoms with Crippen molar-refractivity contribution in [2.45, 2.75) is 13.8 Å². The molecule has 16 heavy (non-hydrogen) atoms. The average Bonchev–Trinajstić information content (AvgIpc) is 2.31. The average molecular weight is 244 g/mol. The van der Waals surface area contributed by atoms with Gasteiger partial charge in [0.25, 0.3) is 0 Å². The summed E-state index contributed by atoms with van der Waals surface area (Å²) in [5, 5.41) is 0.710. The molecule has 1 aromatic rings. The molecule has 0 saturated carbocycles. The lowest BCUT2D eigenvalue weighted by Crippen LogP contribution is -2.29. The van der Waals surface area contributed by atoms with Crippen molar-refractivity contribution in [2.24, 2.45) is 0 Å². The predicted molar refractivity (Wildman–Crippen MR) is 66.9 cm³/mol. The van der Waals surface area contributed by atoms with Crippen LogP contribution in [0.1, 0.15) is 13.8 Å². The fraction of sp³-hybridized carbons (Fsp3) is 0.500. The molecule has 0 aliphatic heterocycles. The number of anilines is 1. The van der Waals surface area contributed by atoms with E-state index in [2.05, 4.69) is 0 Å². The first-order chi connectivity index (χ1) is 7.79. The molecule has 0 heterocycles. The molecule has 4 heteroatoms. The van der Waals surface area contributed by atoms with Gasteiger partial charge in [0.2, 0.25) is 0 Å². The molecule has 0 N–H and O–H groups in total. The predicted octanol–water partition coefficient (Wildman–Crippen LogP) is 3.13. The molecule has 0 atom stereocenters. The van der Waals surface area contributed by atoms with Gasteiger partial charge in [-0.05, 0) is 26.0 Å². The Morgan fingerprint density at radius 2 is 1.62 bits per heavy atom. The van der Waals surface area contributed by atoms with Gasteiger partial charge in [-0.15, -0.1) is 0 Å². The normalized spacial score (nSPS) is 10.4. The van der Waals surface area contributed by atoms with Gasteiger partial charge in [-0.3, -0.25) is 0 Å². The summed E-state index contributed by atoms with van der Waals surface area (Å²) in [6, 6.07) is 7.68. The lowest BCUT2D eigenvalue weighted by Gasteiger charge is -2.24. The van der Waals surface area contributed by atoms with E-state index in [-0.39, 0.29) is 0 Å². The van der Waals surface area contributed by atoms with Crippen molar-refractivity contribution in [1.29, 1.82) is 0 Å². The van der Waals surface area contributed by atoms with E-state index < -0.39 is 0 Å². The Kier molecular flexibility index (Phi) is 6.23. The van der Waals surface area contributed by atoms with Crippen LogP contribution in [0.15, 0.2) is 24.3 Å². The summed E-state index contributed by atoms with van der Waals surface area (Å²) in [6.07, 6.45) is 0. The summed E-state index contributed by atoms with van der Waals surface area (Å²) < 4.78 is 10.8. The van der Waals surface area contributed by atoms with E-state index in [9.17, 15) is 0 Å². The van der Waals surface area contributed by atoms with E-state index in [1.807, 2.05) is 43.0 Å².